The molecule has 0 saturated heterocycles. The van der Waals surface area contributed by atoms with Crippen LogP contribution in [0, 0.1) is 5.82 Å². The molecule has 158 valence electrons. The van der Waals surface area contributed by atoms with E-state index in [0.29, 0.717) is 6.04 Å². The summed E-state index contributed by atoms with van der Waals surface area (Å²) in [7, 11) is 6.06. The van der Waals surface area contributed by atoms with Crippen molar-refractivity contribution in [2.45, 2.75) is 31.4 Å². The van der Waals surface area contributed by atoms with Crippen LogP contribution in [0.25, 0.3) is 22.3 Å². The number of aryl methyl sites for hydroxylation is 1. The van der Waals surface area contributed by atoms with Crippen molar-refractivity contribution >= 4 is 12.4 Å². The highest BCUT2D eigenvalue weighted by Gasteiger charge is 2.41. The van der Waals surface area contributed by atoms with Gasteiger partial charge in [0, 0.05) is 13.2 Å². The molecule has 0 aromatic heterocycles. The summed E-state index contributed by atoms with van der Waals surface area (Å²) in [6, 6.07) is 22.1. The number of nitrogens with zero attached hydrogens (tertiary/aromatic N) is 1. The number of hydrogen-bond acceptors (Lipinski definition) is 2. The molecule has 0 bridgehead atoms. The van der Waals surface area contributed by atoms with Crippen molar-refractivity contribution < 1.29 is 9.13 Å². The minimum absolute atomic E-state index is 0. The standard InChI is InChI=1S/C26H28FNO.ClH/c1-26(29-4)24-15-11-19(17-20(24)12-16-25(26)28(2)3)23-8-6-5-7-22(23)18-9-13-21(27)14-10-18;/h5-11,13-15,17,25H,12,16H2,1-4H3;1H. The molecule has 0 amide bonds. The number of hydrogen-bond donors (Lipinski definition) is 0. The summed E-state index contributed by atoms with van der Waals surface area (Å²) in [6.45, 7) is 2.20. The van der Waals surface area contributed by atoms with E-state index in [4.69, 9.17) is 4.74 Å². The first-order chi connectivity index (χ1) is 13.9. The molecular formula is C26H29ClFNO. The molecular weight excluding hydrogens is 397 g/mol. The van der Waals surface area contributed by atoms with Gasteiger partial charge in [-0.05, 0) is 79.4 Å². The first-order valence-electron chi connectivity index (χ1n) is 10.1. The topological polar surface area (TPSA) is 12.5 Å². The van der Waals surface area contributed by atoms with Crippen LogP contribution in [0.5, 0.6) is 0 Å². The van der Waals surface area contributed by atoms with Gasteiger partial charge in [0.05, 0.1) is 0 Å². The highest BCUT2D eigenvalue weighted by molar-refractivity contribution is 5.85. The van der Waals surface area contributed by atoms with Gasteiger partial charge < -0.3 is 9.64 Å². The second-order valence-electron chi connectivity index (χ2n) is 8.25. The van der Waals surface area contributed by atoms with Crippen molar-refractivity contribution in [2.75, 3.05) is 21.2 Å². The van der Waals surface area contributed by atoms with Gasteiger partial charge in [-0.2, -0.15) is 0 Å². The van der Waals surface area contributed by atoms with Crippen LogP contribution in [-0.2, 0) is 16.8 Å². The average Bonchev–Trinajstić information content (AvgIpc) is 2.74. The molecule has 0 radical (unpaired) electrons. The van der Waals surface area contributed by atoms with E-state index in [1.54, 1.807) is 0 Å². The van der Waals surface area contributed by atoms with E-state index >= 15 is 0 Å². The van der Waals surface area contributed by atoms with E-state index in [0.717, 1.165) is 29.5 Å². The third kappa shape index (κ3) is 3.90. The molecule has 0 spiro atoms. The Bertz CT molecular complexity index is 1020. The second-order valence-corrected chi connectivity index (χ2v) is 8.25. The molecule has 0 N–H and O–H groups in total. The number of ether oxygens (including phenoxy) is 1. The van der Waals surface area contributed by atoms with Gasteiger partial charge in [-0.3, -0.25) is 0 Å². The van der Waals surface area contributed by atoms with Gasteiger partial charge in [0.25, 0.3) is 0 Å². The zero-order chi connectivity index (χ0) is 20.6. The number of halogens is 2. The van der Waals surface area contributed by atoms with E-state index in [1.807, 2.05) is 25.3 Å². The monoisotopic (exact) mass is 425 g/mol. The summed E-state index contributed by atoms with van der Waals surface area (Å²) in [5, 5.41) is 0. The Labute approximate surface area is 185 Å². The predicted molar refractivity (Wildman–Crippen MR) is 125 cm³/mol. The molecule has 2 atom stereocenters. The van der Waals surface area contributed by atoms with Crippen molar-refractivity contribution in [3.05, 3.63) is 83.7 Å². The lowest BCUT2D eigenvalue weighted by atomic mass is 9.75. The number of methoxy groups -OCH3 is 1. The van der Waals surface area contributed by atoms with Crippen molar-refractivity contribution in [1.82, 2.24) is 4.90 Å². The first kappa shape index (κ1) is 22.5. The highest BCUT2D eigenvalue weighted by atomic mass is 35.5. The van der Waals surface area contributed by atoms with Crippen LogP contribution < -0.4 is 0 Å². The van der Waals surface area contributed by atoms with Crippen LogP contribution in [-0.4, -0.2) is 32.1 Å². The Kier molecular flexibility index (Phi) is 6.66. The maximum Gasteiger partial charge on any atom is 0.123 e. The van der Waals surface area contributed by atoms with Crippen LogP contribution in [0.15, 0.2) is 66.7 Å². The molecule has 3 aromatic rings. The fourth-order valence-electron chi connectivity index (χ4n) is 4.81. The van der Waals surface area contributed by atoms with E-state index in [2.05, 4.69) is 62.3 Å². The second kappa shape index (κ2) is 8.89. The molecule has 2 nitrogen and oxygen atoms in total. The lowest BCUT2D eigenvalue weighted by Gasteiger charge is -2.45. The molecule has 0 saturated carbocycles. The summed E-state index contributed by atoms with van der Waals surface area (Å²) in [5.74, 6) is -0.214. The number of rotatable bonds is 4. The minimum Gasteiger partial charge on any atom is -0.372 e. The van der Waals surface area contributed by atoms with E-state index in [9.17, 15) is 4.39 Å². The third-order valence-electron chi connectivity index (χ3n) is 6.40. The Hall–Kier alpha value is -2.20. The molecule has 30 heavy (non-hydrogen) atoms. The van der Waals surface area contributed by atoms with E-state index < -0.39 is 0 Å². The fourth-order valence-corrected chi connectivity index (χ4v) is 4.81. The summed E-state index contributed by atoms with van der Waals surface area (Å²) in [6.07, 6.45) is 2.09. The van der Waals surface area contributed by atoms with Crippen LogP contribution in [0.2, 0.25) is 0 Å². The molecule has 0 fully saturated rings. The van der Waals surface area contributed by atoms with Crippen LogP contribution >= 0.6 is 12.4 Å². The van der Waals surface area contributed by atoms with Gasteiger partial charge in [0.2, 0.25) is 0 Å². The third-order valence-corrected chi connectivity index (χ3v) is 6.40. The highest BCUT2D eigenvalue weighted by Crippen LogP contribution is 2.42. The Morgan fingerprint density at radius 3 is 2.13 bits per heavy atom. The van der Waals surface area contributed by atoms with Gasteiger partial charge in [-0.1, -0.05) is 54.6 Å². The SMILES string of the molecule is COC1(C)c2ccc(-c3ccccc3-c3ccc(F)cc3)cc2CCC1N(C)C.Cl. The normalized spacial score (nSPS) is 20.5. The lowest BCUT2D eigenvalue weighted by molar-refractivity contribution is -0.0686. The first-order valence-corrected chi connectivity index (χ1v) is 10.1. The molecule has 4 heteroatoms. The molecule has 2 unspecified atom stereocenters. The zero-order valence-electron chi connectivity index (χ0n) is 18.0. The maximum atomic E-state index is 13.4. The molecule has 1 aliphatic carbocycles. The van der Waals surface area contributed by atoms with Crippen molar-refractivity contribution in [1.29, 1.82) is 0 Å². The zero-order valence-corrected chi connectivity index (χ0v) is 18.8. The maximum absolute atomic E-state index is 13.4. The smallest absolute Gasteiger partial charge is 0.123 e. The molecule has 4 rings (SSSR count). The number of benzene rings is 3. The summed E-state index contributed by atoms with van der Waals surface area (Å²) in [5.41, 5.74) is 6.78. The van der Waals surface area contributed by atoms with E-state index in [-0.39, 0.29) is 23.8 Å². The van der Waals surface area contributed by atoms with Crippen molar-refractivity contribution in [2.24, 2.45) is 0 Å². The molecule has 3 aromatic carbocycles. The van der Waals surface area contributed by atoms with Crippen LogP contribution in [0.3, 0.4) is 0 Å². The van der Waals surface area contributed by atoms with Gasteiger partial charge in [0.15, 0.2) is 0 Å². The minimum atomic E-state index is -0.327. The summed E-state index contributed by atoms with van der Waals surface area (Å²) >= 11 is 0. The van der Waals surface area contributed by atoms with Crippen LogP contribution in [0.1, 0.15) is 24.5 Å². The molecule has 1 aliphatic rings. The Morgan fingerprint density at radius 2 is 1.53 bits per heavy atom. The van der Waals surface area contributed by atoms with Crippen molar-refractivity contribution in [3.8, 4) is 22.3 Å². The Balaban J connectivity index is 0.00000256. The van der Waals surface area contributed by atoms with Gasteiger partial charge in [0.1, 0.15) is 11.4 Å². The summed E-state index contributed by atoms with van der Waals surface area (Å²) in [4.78, 5) is 2.27. The molecule has 0 aliphatic heterocycles. The number of likely N-dealkylation sites (N-methyl/N-ethyl adjacent to an activating group) is 1. The summed E-state index contributed by atoms with van der Waals surface area (Å²) < 4.78 is 19.4. The van der Waals surface area contributed by atoms with Gasteiger partial charge in [-0.25, -0.2) is 4.39 Å². The Morgan fingerprint density at radius 1 is 0.933 bits per heavy atom. The van der Waals surface area contributed by atoms with Gasteiger partial charge in [-0.15, -0.1) is 12.4 Å². The predicted octanol–water partition coefficient (Wildman–Crippen LogP) is 6.32. The van der Waals surface area contributed by atoms with Crippen LogP contribution in [0.4, 0.5) is 4.39 Å². The fraction of sp³-hybridized carbons (Fsp3) is 0.308. The molecule has 0 heterocycles. The quantitative estimate of drug-likeness (QED) is 0.485. The lowest BCUT2D eigenvalue weighted by Crippen LogP contribution is -2.50. The number of fused-ring (bicyclic) bond motifs is 1. The van der Waals surface area contributed by atoms with E-state index in [1.165, 1.54) is 28.8 Å². The van der Waals surface area contributed by atoms with Crippen molar-refractivity contribution in [3.63, 3.8) is 0 Å². The van der Waals surface area contributed by atoms with Gasteiger partial charge >= 0.3 is 0 Å². The average molecular weight is 426 g/mol. The largest absolute Gasteiger partial charge is 0.372 e.